The van der Waals surface area contributed by atoms with E-state index in [9.17, 15) is 13.2 Å². The van der Waals surface area contributed by atoms with Gasteiger partial charge in [0.25, 0.3) is 5.91 Å². The van der Waals surface area contributed by atoms with Gasteiger partial charge in [-0.2, -0.15) is 0 Å². The Bertz CT molecular complexity index is 1410. The Hall–Kier alpha value is -3.65. The summed E-state index contributed by atoms with van der Waals surface area (Å²) in [6.07, 6.45) is 3.60. The molecular formula is C25H23N3O4S. The normalized spacial score (nSPS) is 14.0. The standard InChI is InChI=1S/C25H23N3O4S/c29-25(19-8-11-23-24(14-19)32-17-27-23)26-16-18-6-9-21(10-7-18)33(30,31)22-5-3-4-20(15-22)28-12-1-2-13-28/h3-11,14-15,17H,1-2,12-13,16H2,(H,26,29). The molecule has 1 aromatic heterocycles. The number of carbonyl (C=O) groups is 1. The van der Waals surface area contributed by atoms with Gasteiger partial charge in [0, 0.05) is 30.9 Å². The van der Waals surface area contributed by atoms with E-state index in [0.717, 1.165) is 37.2 Å². The van der Waals surface area contributed by atoms with Gasteiger partial charge in [0.15, 0.2) is 12.0 Å². The van der Waals surface area contributed by atoms with E-state index < -0.39 is 9.84 Å². The second-order valence-corrected chi connectivity index (χ2v) is 10.0. The lowest BCUT2D eigenvalue weighted by Gasteiger charge is -2.18. The molecule has 0 saturated carbocycles. The van der Waals surface area contributed by atoms with Crippen LogP contribution in [0.1, 0.15) is 28.8 Å². The average molecular weight is 462 g/mol. The summed E-state index contributed by atoms with van der Waals surface area (Å²) in [7, 11) is -3.63. The van der Waals surface area contributed by atoms with Gasteiger partial charge in [-0.15, -0.1) is 0 Å². The first-order valence-corrected chi connectivity index (χ1v) is 12.3. The van der Waals surface area contributed by atoms with Gasteiger partial charge in [0.2, 0.25) is 9.84 Å². The van der Waals surface area contributed by atoms with Gasteiger partial charge in [-0.3, -0.25) is 4.79 Å². The minimum Gasteiger partial charge on any atom is -0.443 e. The fraction of sp³-hybridized carbons (Fsp3) is 0.200. The average Bonchev–Trinajstić information content (AvgIpc) is 3.55. The summed E-state index contributed by atoms with van der Waals surface area (Å²) in [5, 5.41) is 2.84. The first-order chi connectivity index (χ1) is 16.0. The van der Waals surface area contributed by atoms with Crippen molar-refractivity contribution in [2.24, 2.45) is 0 Å². The third-order valence-corrected chi connectivity index (χ3v) is 7.65. The van der Waals surface area contributed by atoms with Crippen molar-refractivity contribution in [1.82, 2.24) is 10.3 Å². The van der Waals surface area contributed by atoms with Crippen LogP contribution in [0.3, 0.4) is 0 Å². The Balaban J connectivity index is 1.27. The van der Waals surface area contributed by atoms with E-state index in [1.54, 1.807) is 60.7 Å². The molecule has 0 aliphatic carbocycles. The van der Waals surface area contributed by atoms with Crippen LogP contribution in [0.25, 0.3) is 11.1 Å². The number of carbonyl (C=O) groups excluding carboxylic acids is 1. The maximum absolute atomic E-state index is 13.1. The zero-order chi connectivity index (χ0) is 22.8. The Morgan fingerprint density at radius 1 is 0.970 bits per heavy atom. The van der Waals surface area contributed by atoms with Gasteiger partial charge in [0.05, 0.1) is 9.79 Å². The van der Waals surface area contributed by atoms with Gasteiger partial charge in [-0.1, -0.05) is 18.2 Å². The smallest absolute Gasteiger partial charge is 0.251 e. The van der Waals surface area contributed by atoms with E-state index in [0.29, 0.717) is 16.7 Å². The maximum Gasteiger partial charge on any atom is 0.251 e. The number of benzene rings is 3. The highest BCUT2D eigenvalue weighted by atomic mass is 32.2. The molecule has 168 valence electrons. The molecule has 0 radical (unpaired) electrons. The number of sulfone groups is 1. The summed E-state index contributed by atoms with van der Waals surface area (Å²) in [5.41, 5.74) is 3.45. The zero-order valence-corrected chi connectivity index (χ0v) is 18.7. The van der Waals surface area contributed by atoms with Gasteiger partial charge in [0.1, 0.15) is 5.52 Å². The fourth-order valence-corrected chi connectivity index (χ4v) is 5.33. The second-order valence-electron chi connectivity index (χ2n) is 8.06. The minimum atomic E-state index is -3.63. The van der Waals surface area contributed by atoms with Crippen LogP contribution in [-0.4, -0.2) is 32.4 Å². The highest BCUT2D eigenvalue weighted by molar-refractivity contribution is 7.91. The Kier molecular flexibility index (Phi) is 5.60. The summed E-state index contributed by atoms with van der Waals surface area (Å²) in [4.78, 5) is 19.2. The van der Waals surface area contributed by atoms with Crippen LogP contribution in [0, 0.1) is 0 Å². The molecule has 1 amide bonds. The molecule has 1 fully saturated rings. The number of nitrogens with one attached hydrogen (secondary N) is 1. The van der Waals surface area contributed by atoms with Crippen LogP contribution in [0.4, 0.5) is 5.69 Å². The van der Waals surface area contributed by atoms with Crippen molar-refractivity contribution in [2.75, 3.05) is 18.0 Å². The van der Waals surface area contributed by atoms with E-state index in [-0.39, 0.29) is 22.2 Å². The molecule has 4 aromatic rings. The van der Waals surface area contributed by atoms with Crippen molar-refractivity contribution in [1.29, 1.82) is 0 Å². The fourth-order valence-electron chi connectivity index (χ4n) is 4.03. The van der Waals surface area contributed by atoms with Crippen molar-refractivity contribution in [3.63, 3.8) is 0 Å². The summed E-state index contributed by atoms with van der Waals surface area (Å²) in [6.45, 7) is 2.18. The third kappa shape index (κ3) is 4.34. The largest absolute Gasteiger partial charge is 0.443 e. The topological polar surface area (TPSA) is 92.5 Å². The van der Waals surface area contributed by atoms with Crippen LogP contribution in [0.5, 0.6) is 0 Å². The van der Waals surface area contributed by atoms with Crippen LogP contribution >= 0.6 is 0 Å². The molecule has 1 N–H and O–H groups in total. The molecule has 8 heteroatoms. The van der Waals surface area contributed by atoms with Crippen molar-refractivity contribution in [3.05, 3.63) is 84.3 Å². The molecule has 7 nitrogen and oxygen atoms in total. The molecule has 2 heterocycles. The number of hydrogen-bond acceptors (Lipinski definition) is 6. The number of oxazole rings is 1. The maximum atomic E-state index is 13.1. The number of hydrogen-bond donors (Lipinski definition) is 1. The second kappa shape index (κ2) is 8.71. The van der Waals surface area contributed by atoms with Gasteiger partial charge in [-0.05, 0) is 66.9 Å². The monoisotopic (exact) mass is 461 g/mol. The Labute approximate surface area is 192 Å². The van der Waals surface area contributed by atoms with E-state index in [1.807, 2.05) is 6.07 Å². The van der Waals surface area contributed by atoms with Crippen molar-refractivity contribution in [3.8, 4) is 0 Å². The third-order valence-electron chi connectivity index (χ3n) is 5.88. The van der Waals surface area contributed by atoms with Gasteiger partial charge < -0.3 is 14.6 Å². The van der Waals surface area contributed by atoms with Crippen LogP contribution in [0.15, 0.2) is 87.3 Å². The molecule has 0 atom stereocenters. The van der Waals surface area contributed by atoms with Gasteiger partial charge >= 0.3 is 0 Å². The number of nitrogens with zero attached hydrogens (tertiary/aromatic N) is 2. The minimum absolute atomic E-state index is 0.229. The highest BCUT2D eigenvalue weighted by Crippen LogP contribution is 2.27. The van der Waals surface area contributed by atoms with E-state index >= 15 is 0 Å². The van der Waals surface area contributed by atoms with Crippen LogP contribution < -0.4 is 10.2 Å². The zero-order valence-electron chi connectivity index (χ0n) is 17.9. The molecular weight excluding hydrogens is 438 g/mol. The van der Waals surface area contributed by atoms with Crippen molar-refractivity contribution in [2.45, 2.75) is 29.2 Å². The molecule has 33 heavy (non-hydrogen) atoms. The summed E-state index contributed by atoms with van der Waals surface area (Å²) < 4.78 is 31.5. The number of anilines is 1. The molecule has 3 aromatic carbocycles. The lowest BCUT2D eigenvalue weighted by Crippen LogP contribution is -2.22. The van der Waals surface area contributed by atoms with Crippen molar-refractivity contribution >= 4 is 32.5 Å². The van der Waals surface area contributed by atoms with E-state index in [2.05, 4.69) is 15.2 Å². The predicted molar refractivity (Wildman–Crippen MR) is 125 cm³/mol. The number of rotatable bonds is 6. The Morgan fingerprint density at radius 2 is 1.76 bits per heavy atom. The number of aromatic nitrogens is 1. The van der Waals surface area contributed by atoms with Gasteiger partial charge in [-0.25, -0.2) is 13.4 Å². The first-order valence-electron chi connectivity index (χ1n) is 10.8. The molecule has 1 saturated heterocycles. The first kappa shape index (κ1) is 21.2. The summed E-state index contributed by atoms with van der Waals surface area (Å²) >= 11 is 0. The molecule has 0 spiro atoms. The summed E-state index contributed by atoms with van der Waals surface area (Å²) in [5.74, 6) is -0.247. The molecule has 0 unspecified atom stereocenters. The number of amides is 1. The summed E-state index contributed by atoms with van der Waals surface area (Å²) in [6, 6.07) is 18.8. The lowest BCUT2D eigenvalue weighted by atomic mass is 10.2. The SMILES string of the molecule is O=C(NCc1ccc(S(=O)(=O)c2cccc(N3CCCC3)c2)cc1)c1ccc2ncoc2c1. The van der Waals surface area contributed by atoms with E-state index in [1.165, 1.54) is 6.39 Å². The predicted octanol–water partition coefficient (Wildman–Crippen LogP) is 4.19. The molecule has 5 rings (SSSR count). The van der Waals surface area contributed by atoms with Crippen LogP contribution in [0.2, 0.25) is 0 Å². The van der Waals surface area contributed by atoms with E-state index in [4.69, 9.17) is 4.42 Å². The van der Waals surface area contributed by atoms with Crippen LogP contribution in [-0.2, 0) is 16.4 Å². The molecule has 0 bridgehead atoms. The van der Waals surface area contributed by atoms with Crippen molar-refractivity contribution < 1.29 is 17.6 Å². The number of fused-ring (bicyclic) bond motifs is 1. The molecule has 1 aliphatic heterocycles. The lowest BCUT2D eigenvalue weighted by molar-refractivity contribution is 0.0951. The highest BCUT2D eigenvalue weighted by Gasteiger charge is 2.20. The quantitative estimate of drug-likeness (QED) is 0.463. The molecule has 1 aliphatic rings. The Morgan fingerprint density at radius 3 is 2.55 bits per heavy atom.